The molecule has 328 valence electrons. The minimum atomic E-state index is -0.580. The van der Waals surface area contributed by atoms with Gasteiger partial charge in [-0.1, -0.05) is 231 Å². The molecule has 0 bridgehead atoms. The van der Waals surface area contributed by atoms with Crippen LogP contribution in [0.4, 0.5) is 17.1 Å². The molecule has 0 aliphatic heterocycles. The highest BCUT2D eigenvalue weighted by molar-refractivity contribution is 7.26. The summed E-state index contributed by atoms with van der Waals surface area (Å²) < 4.78 is 2.56. The summed E-state index contributed by atoms with van der Waals surface area (Å²) >= 11 is 1.87. The Labute approximate surface area is 412 Å². The first kappa shape index (κ1) is 40.5. The second-order valence-electron chi connectivity index (χ2n) is 18.7. The number of fused-ring (bicyclic) bond motifs is 9. The summed E-state index contributed by atoms with van der Waals surface area (Å²) in [5.74, 6) is 0. The van der Waals surface area contributed by atoms with E-state index < -0.39 is 10.8 Å². The van der Waals surface area contributed by atoms with Gasteiger partial charge in [-0.2, -0.15) is 0 Å². The zero-order chi connectivity index (χ0) is 46.2. The van der Waals surface area contributed by atoms with Crippen molar-refractivity contribution in [1.29, 1.82) is 0 Å². The Morgan fingerprint density at radius 3 is 1.37 bits per heavy atom. The Kier molecular flexibility index (Phi) is 9.27. The van der Waals surface area contributed by atoms with Crippen LogP contribution < -0.4 is 4.90 Å². The molecule has 0 radical (unpaired) electrons. The molecular formula is C68H45NS. The molecule has 0 fully saturated rings. The molecule has 11 aromatic carbocycles. The van der Waals surface area contributed by atoms with Crippen LogP contribution in [-0.4, -0.2) is 0 Å². The molecule has 2 aliphatic carbocycles. The molecule has 0 spiro atoms. The summed E-state index contributed by atoms with van der Waals surface area (Å²) in [7, 11) is 0. The van der Waals surface area contributed by atoms with Crippen molar-refractivity contribution in [2.24, 2.45) is 0 Å². The van der Waals surface area contributed by atoms with E-state index in [0.717, 1.165) is 17.1 Å². The van der Waals surface area contributed by atoms with Crippen LogP contribution in [0.15, 0.2) is 273 Å². The van der Waals surface area contributed by atoms with Crippen molar-refractivity contribution in [1.82, 2.24) is 0 Å². The number of rotatable bonds is 8. The first-order valence-corrected chi connectivity index (χ1v) is 25.1. The lowest BCUT2D eigenvalue weighted by Crippen LogP contribution is -2.30. The molecule has 2 heteroatoms. The number of nitrogens with zero attached hydrogens (tertiary/aromatic N) is 1. The summed E-state index contributed by atoms with van der Waals surface area (Å²) in [6, 6.07) is 102. The summed E-state index contributed by atoms with van der Waals surface area (Å²) in [4.78, 5) is 2.50. The quantitative estimate of drug-likeness (QED) is 0.147. The minimum Gasteiger partial charge on any atom is -0.309 e. The van der Waals surface area contributed by atoms with Gasteiger partial charge in [0.05, 0.1) is 21.2 Å². The van der Waals surface area contributed by atoms with E-state index in [-0.39, 0.29) is 0 Å². The van der Waals surface area contributed by atoms with Crippen molar-refractivity contribution in [3.63, 3.8) is 0 Å². The van der Waals surface area contributed by atoms with E-state index in [1.165, 1.54) is 98.1 Å². The average Bonchev–Trinajstić information content (AvgIpc) is 4.07. The maximum absolute atomic E-state index is 2.56. The summed E-state index contributed by atoms with van der Waals surface area (Å²) in [6.45, 7) is 0. The van der Waals surface area contributed by atoms with Crippen molar-refractivity contribution in [3.8, 4) is 33.4 Å². The van der Waals surface area contributed by atoms with E-state index >= 15 is 0 Å². The maximum atomic E-state index is 2.56. The van der Waals surface area contributed by atoms with Gasteiger partial charge in [0.15, 0.2) is 0 Å². The third kappa shape index (κ3) is 5.84. The molecule has 0 N–H and O–H groups in total. The molecule has 1 heterocycles. The largest absolute Gasteiger partial charge is 0.309 e. The van der Waals surface area contributed by atoms with Crippen molar-refractivity contribution in [2.45, 2.75) is 10.8 Å². The number of hydrogen-bond donors (Lipinski definition) is 0. The highest BCUT2D eigenvalue weighted by Gasteiger charge is 2.50. The van der Waals surface area contributed by atoms with Gasteiger partial charge in [0.1, 0.15) is 0 Å². The molecule has 14 rings (SSSR count). The summed E-state index contributed by atoms with van der Waals surface area (Å²) in [6.07, 6.45) is 0. The third-order valence-corrected chi connectivity index (χ3v) is 16.5. The molecule has 12 aromatic rings. The van der Waals surface area contributed by atoms with Gasteiger partial charge in [-0.25, -0.2) is 0 Å². The Bertz CT molecular complexity index is 3840. The highest BCUT2D eigenvalue weighted by atomic mass is 32.1. The van der Waals surface area contributed by atoms with Gasteiger partial charge in [-0.05, 0) is 120 Å². The summed E-state index contributed by atoms with van der Waals surface area (Å²) in [5.41, 5.74) is 19.9. The van der Waals surface area contributed by atoms with Gasteiger partial charge >= 0.3 is 0 Å². The second-order valence-corrected chi connectivity index (χ2v) is 19.7. The Hall–Kier alpha value is -8.56. The van der Waals surface area contributed by atoms with Gasteiger partial charge in [0, 0.05) is 26.8 Å². The molecule has 0 amide bonds. The number of anilines is 3. The first-order valence-electron chi connectivity index (χ1n) is 24.2. The first-order chi connectivity index (χ1) is 34.7. The lowest BCUT2D eigenvalue weighted by molar-refractivity contribution is 0.754. The molecule has 0 saturated heterocycles. The molecule has 0 atom stereocenters. The normalized spacial score (nSPS) is 13.7. The van der Waals surface area contributed by atoms with Crippen LogP contribution in [0.3, 0.4) is 0 Å². The molecule has 1 nitrogen and oxygen atoms in total. The second kappa shape index (κ2) is 16.0. The molecule has 0 saturated carbocycles. The van der Waals surface area contributed by atoms with E-state index in [1.54, 1.807) is 0 Å². The molecule has 70 heavy (non-hydrogen) atoms. The van der Waals surface area contributed by atoms with Gasteiger partial charge in [0.2, 0.25) is 0 Å². The number of hydrogen-bond acceptors (Lipinski definition) is 2. The van der Waals surface area contributed by atoms with E-state index in [0.29, 0.717) is 0 Å². The van der Waals surface area contributed by atoms with Crippen molar-refractivity contribution in [2.75, 3.05) is 4.90 Å². The fourth-order valence-electron chi connectivity index (χ4n) is 12.3. The van der Waals surface area contributed by atoms with Crippen molar-refractivity contribution in [3.05, 3.63) is 317 Å². The van der Waals surface area contributed by atoms with E-state index in [4.69, 9.17) is 0 Å². The van der Waals surface area contributed by atoms with Crippen LogP contribution in [0.2, 0.25) is 0 Å². The van der Waals surface area contributed by atoms with Gasteiger partial charge in [-0.3, -0.25) is 0 Å². The molecular weight excluding hydrogens is 863 g/mol. The van der Waals surface area contributed by atoms with E-state index in [2.05, 4.69) is 278 Å². The van der Waals surface area contributed by atoms with Gasteiger partial charge in [-0.15, -0.1) is 11.3 Å². The zero-order valence-corrected chi connectivity index (χ0v) is 39.2. The SMILES string of the molecule is c1ccc(-c2ccc(N(c3ccc4c(c3)-c3cc(C5(c6ccccc6)c6ccccc6-c6ccccc65)ccc3C4(c3ccccc3)c3ccccc3)c3cccc4c3sc3ccccc34)cc2)cc1. The Morgan fingerprint density at radius 1 is 0.286 bits per heavy atom. The fourth-order valence-corrected chi connectivity index (χ4v) is 13.5. The summed E-state index contributed by atoms with van der Waals surface area (Å²) in [5, 5.41) is 2.56. The standard InChI is InChI=1S/C68H45NS/c1-5-20-46(21-6-1)47-36-39-52(40-37-47)69(64-34-19-31-57-56-30-15-18-35-65(56)70-66(57)64)53-41-43-63-59(45-53)58-44-51(38-42-62(58)67(63,48-22-7-2-8-23-48)49-24-9-3-10-25-49)68(50-26-11-4-12-27-50)60-32-16-13-28-54(60)55-29-14-17-33-61(55)68/h1-45H. The fraction of sp³-hybridized carbons (Fsp3) is 0.0294. The predicted octanol–water partition coefficient (Wildman–Crippen LogP) is 17.9. The van der Waals surface area contributed by atoms with Crippen LogP contribution in [0, 0.1) is 0 Å². The monoisotopic (exact) mass is 907 g/mol. The molecule has 2 aliphatic rings. The molecule has 0 unspecified atom stereocenters. The van der Waals surface area contributed by atoms with Crippen molar-refractivity contribution >= 4 is 48.6 Å². The Balaban J connectivity index is 1.06. The third-order valence-electron chi connectivity index (χ3n) is 15.2. The van der Waals surface area contributed by atoms with Crippen LogP contribution in [0.5, 0.6) is 0 Å². The minimum absolute atomic E-state index is 0.546. The lowest BCUT2D eigenvalue weighted by atomic mass is 9.65. The Morgan fingerprint density at radius 2 is 0.743 bits per heavy atom. The van der Waals surface area contributed by atoms with Crippen LogP contribution in [-0.2, 0) is 10.8 Å². The lowest BCUT2D eigenvalue weighted by Gasteiger charge is -2.36. The maximum Gasteiger partial charge on any atom is 0.0713 e. The topological polar surface area (TPSA) is 3.24 Å². The smallest absolute Gasteiger partial charge is 0.0713 e. The van der Waals surface area contributed by atoms with Gasteiger partial charge in [0.25, 0.3) is 0 Å². The van der Waals surface area contributed by atoms with E-state index in [9.17, 15) is 0 Å². The zero-order valence-electron chi connectivity index (χ0n) is 38.3. The van der Waals surface area contributed by atoms with E-state index in [1.807, 2.05) is 11.3 Å². The van der Waals surface area contributed by atoms with Crippen LogP contribution >= 0.6 is 11.3 Å². The predicted molar refractivity (Wildman–Crippen MR) is 294 cm³/mol. The highest BCUT2D eigenvalue weighted by Crippen LogP contribution is 2.61. The van der Waals surface area contributed by atoms with Crippen molar-refractivity contribution < 1.29 is 0 Å². The van der Waals surface area contributed by atoms with Gasteiger partial charge < -0.3 is 4.90 Å². The number of thiophene rings is 1. The number of benzene rings is 11. The van der Waals surface area contributed by atoms with Crippen LogP contribution in [0.1, 0.15) is 44.5 Å². The molecule has 1 aromatic heterocycles. The average molecular weight is 908 g/mol. The van der Waals surface area contributed by atoms with Crippen LogP contribution in [0.25, 0.3) is 53.6 Å².